The number of hydrogen-bond donors (Lipinski definition) is 1. The number of hydrogen-bond acceptors (Lipinski definition) is 4. The summed E-state index contributed by atoms with van der Waals surface area (Å²) in [5, 5.41) is 18.5. The minimum absolute atomic E-state index is 0.300. The number of aromatic nitrogens is 2. The van der Waals surface area contributed by atoms with Crippen LogP contribution < -0.4 is 15.1 Å². The number of para-hydroxylation sites is 1. The van der Waals surface area contributed by atoms with Gasteiger partial charge in [0.2, 0.25) is 5.69 Å². The number of nitrogens with one attached hydrogen (secondary N) is 1. The molecular weight excluding hydrogens is 218 g/mol. The molecule has 17 heavy (non-hydrogen) atoms. The molecule has 0 aliphatic carbocycles. The van der Waals surface area contributed by atoms with Crippen molar-refractivity contribution in [1.82, 2.24) is 10.6 Å². The van der Waals surface area contributed by atoms with E-state index in [9.17, 15) is 5.11 Å². The zero-order valence-corrected chi connectivity index (χ0v) is 9.88. The summed E-state index contributed by atoms with van der Waals surface area (Å²) >= 11 is 0. The van der Waals surface area contributed by atoms with Crippen LogP contribution in [0.4, 0.5) is 0 Å². The summed E-state index contributed by atoms with van der Waals surface area (Å²) in [5.74, 6) is -0.401. The van der Waals surface area contributed by atoms with Gasteiger partial charge in [0.25, 0.3) is 5.69 Å². The van der Waals surface area contributed by atoms with E-state index in [0.29, 0.717) is 18.3 Å². The number of rotatable bonds is 4. The van der Waals surface area contributed by atoms with Crippen molar-refractivity contribution < 1.29 is 14.3 Å². The van der Waals surface area contributed by atoms with E-state index in [4.69, 9.17) is 4.52 Å². The van der Waals surface area contributed by atoms with Gasteiger partial charge in [0, 0.05) is 18.2 Å². The van der Waals surface area contributed by atoms with Gasteiger partial charge in [-0.1, -0.05) is 32.0 Å². The van der Waals surface area contributed by atoms with E-state index in [2.05, 4.69) is 10.6 Å². The third-order valence-electron chi connectivity index (χ3n) is 2.38. The van der Waals surface area contributed by atoms with E-state index in [1.165, 1.54) is 4.68 Å². The summed E-state index contributed by atoms with van der Waals surface area (Å²) in [6.45, 7) is 4.48. The molecule has 2 aromatic rings. The van der Waals surface area contributed by atoms with Crippen LogP contribution in [0.2, 0.25) is 0 Å². The highest BCUT2D eigenvalue weighted by Crippen LogP contribution is 2.09. The molecule has 0 saturated carbocycles. The third kappa shape index (κ3) is 2.62. The Kier molecular flexibility index (Phi) is 3.39. The molecule has 0 radical (unpaired) electrons. The quantitative estimate of drug-likeness (QED) is 0.782. The molecule has 0 spiro atoms. The average molecular weight is 233 g/mol. The monoisotopic (exact) mass is 233 g/mol. The van der Waals surface area contributed by atoms with Crippen molar-refractivity contribution in [2.45, 2.75) is 26.4 Å². The van der Waals surface area contributed by atoms with Crippen LogP contribution >= 0.6 is 0 Å². The highest BCUT2D eigenvalue weighted by Gasteiger charge is 2.19. The standard InChI is InChI=1S/C12H15N3O2/c1-9(2)13-8-11-12(16)17-14-15(11)10-6-4-3-5-7-10/h3-7,9,13H,8H2,1-2H3. The molecule has 0 aliphatic heterocycles. The maximum atomic E-state index is 11.5. The lowest BCUT2D eigenvalue weighted by Gasteiger charge is -2.05. The Morgan fingerprint density at radius 1 is 1.35 bits per heavy atom. The molecule has 0 unspecified atom stereocenters. The SMILES string of the molecule is CC(C)NCc1c([O-])on[n+]1-c1ccccc1. The fourth-order valence-electron chi connectivity index (χ4n) is 1.49. The molecule has 0 aliphatic rings. The van der Waals surface area contributed by atoms with E-state index in [-0.39, 0.29) is 0 Å². The molecule has 90 valence electrons. The molecule has 5 heteroatoms. The van der Waals surface area contributed by atoms with Gasteiger partial charge >= 0.3 is 0 Å². The molecule has 1 heterocycles. The second kappa shape index (κ2) is 4.97. The molecular formula is C12H15N3O2. The fraction of sp³-hybridized carbons (Fsp3) is 0.333. The summed E-state index contributed by atoms with van der Waals surface area (Å²) in [7, 11) is 0. The van der Waals surface area contributed by atoms with Crippen LogP contribution in [0.1, 0.15) is 19.5 Å². The topological polar surface area (TPSA) is 65.0 Å². The average Bonchev–Trinajstić information content (AvgIpc) is 2.69. The van der Waals surface area contributed by atoms with Crippen molar-refractivity contribution in [3.8, 4) is 11.6 Å². The van der Waals surface area contributed by atoms with Crippen molar-refractivity contribution in [2.75, 3.05) is 0 Å². The summed E-state index contributed by atoms with van der Waals surface area (Å²) in [4.78, 5) is 0. The Balaban J connectivity index is 2.29. The van der Waals surface area contributed by atoms with Gasteiger partial charge in [0.1, 0.15) is 0 Å². The van der Waals surface area contributed by atoms with Crippen LogP contribution in [-0.4, -0.2) is 11.3 Å². The predicted octanol–water partition coefficient (Wildman–Crippen LogP) is 0.523. The lowest BCUT2D eigenvalue weighted by atomic mass is 10.3. The summed E-state index contributed by atoms with van der Waals surface area (Å²) in [5.41, 5.74) is 1.32. The predicted molar refractivity (Wildman–Crippen MR) is 59.5 cm³/mol. The molecule has 0 amide bonds. The van der Waals surface area contributed by atoms with Crippen molar-refractivity contribution in [3.05, 3.63) is 36.0 Å². The first-order valence-corrected chi connectivity index (χ1v) is 5.55. The first kappa shape index (κ1) is 11.6. The molecule has 0 saturated heterocycles. The summed E-state index contributed by atoms with van der Waals surface area (Å²) in [6, 6.07) is 9.74. The number of nitrogens with zero attached hydrogens (tertiary/aromatic N) is 2. The normalized spacial score (nSPS) is 11.0. The molecule has 0 atom stereocenters. The van der Waals surface area contributed by atoms with Crippen molar-refractivity contribution in [2.24, 2.45) is 0 Å². The van der Waals surface area contributed by atoms with Gasteiger partial charge in [-0.2, -0.15) is 0 Å². The minimum Gasteiger partial charge on any atom is -0.539 e. The molecule has 0 bridgehead atoms. The summed E-state index contributed by atoms with van der Waals surface area (Å²) in [6.07, 6.45) is 0. The van der Waals surface area contributed by atoms with Gasteiger partial charge in [-0.15, -0.1) is 0 Å². The zero-order chi connectivity index (χ0) is 12.3. The Hall–Kier alpha value is -1.88. The van der Waals surface area contributed by atoms with Gasteiger partial charge in [-0.25, -0.2) is 0 Å². The Morgan fingerprint density at radius 3 is 2.71 bits per heavy atom. The molecule has 5 nitrogen and oxygen atoms in total. The third-order valence-corrected chi connectivity index (χ3v) is 2.38. The number of benzene rings is 1. The van der Waals surface area contributed by atoms with Crippen LogP contribution in [0.25, 0.3) is 5.69 Å². The van der Waals surface area contributed by atoms with Crippen LogP contribution in [0.5, 0.6) is 5.95 Å². The second-order valence-electron chi connectivity index (χ2n) is 4.09. The van der Waals surface area contributed by atoms with Crippen molar-refractivity contribution in [1.29, 1.82) is 0 Å². The Bertz CT molecular complexity index is 480. The van der Waals surface area contributed by atoms with Crippen molar-refractivity contribution in [3.63, 3.8) is 0 Å². The maximum absolute atomic E-state index is 11.5. The zero-order valence-electron chi connectivity index (χ0n) is 9.88. The first-order chi connectivity index (χ1) is 8.18. The Labute approximate surface area is 99.7 Å². The highest BCUT2D eigenvalue weighted by molar-refractivity contribution is 5.22. The minimum atomic E-state index is -0.401. The van der Waals surface area contributed by atoms with E-state index in [1.54, 1.807) is 0 Å². The fourth-order valence-corrected chi connectivity index (χ4v) is 1.49. The first-order valence-electron chi connectivity index (χ1n) is 5.55. The lowest BCUT2D eigenvalue weighted by molar-refractivity contribution is -0.677. The lowest BCUT2D eigenvalue weighted by Crippen LogP contribution is -2.39. The van der Waals surface area contributed by atoms with Gasteiger partial charge < -0.3 is 14.9 Å². The van der Waals surface area contributed by atoms with E-state index >= 15 is 0 Å². The molecule has 1 N–H and O–H groups in total. The van der Waals surface area contributed by atoms with Gasteiger partial charge in [0.15, 0.2) is 5.95 Å². The van der Waals surface area contributed by atoms with Crippen molar-refractivity contribution >= 4 is 0 Å². The van der Waals surface area contributed by atoms with E-state index in [0.717, 1.165) is 5.69 Å². The maximum Gasteiger partial charge on any atom is 0.253 e. The van der Waals surface area contributed by atoms with Gasteiger partial charge in [0.05, 0.1) is 11.8 Å². The van der Waals surface area contributed by atoms with Crippen LogP contribution in [0.15, 0.2) is 34.9 Å². The summed E-state index contributed by atoms with van der Waals surface area (Å²) < 4.78 is 6.23. The van der Waals surface area contributed by atoms with Crippen LogP contribution in [0, 0.1) is 0 Å². The van der Waals surface area contributed by atoms with E-state index in [1.807, 2.05) is 44.2 Å². The molecule has 2 rings (SSSR count). The molecule has 1 aromatic heterocycles. The van der Waals surface area contributed by atoms with Gasteiger partial charge in [-0.3, -0.25) is 0 Å². The van der Waals surface area contributed by atoms with Gasteiger partial charge in [-0.05, 0) is 4.68 Å². The largest absolute Gasteiger partial charge is 0.539 e. The van der Waals surface area contributed by atoms with Crippen LogP contribution in [0.3, 0.4) is 0 Å². The highest BCUT2D eigenvalue weighted by atomic mass is 16.6. The van der Waals surface area contributed by atoms with E-state index < -0.39 is 5.95 Å². The molecule has 0 fully saturated rings. The Morgan fingerprint density at radius 2 is 2.06 bits per heavy atom. The second-order valence-corrected chi connectivity index (χ2v) is 4.09. The smallest absolute Gasteiger partial charge is 0.253 e. The molecule has 1 aromatic carbocycles. The van der Waals surface area contributed by atoms with Crippen LogP contribution in [-0.2, 0) is 6.54 Å².